The third-order valence-electron chi connectivity index (χ3n) is 6.15. The molecule has 8 nitrogen and oxygen atoms in total. The van der Waals surface area contributed by atoms with Gasteiger partial charge >= 0.3 is 17.9 Å². The van der Waals surface area contributed by atoms with Gasteiger partial charge in [-0.3, -0.25) is 14.4 Å². The van der Waals surface area contributed by atoms with Crippen LogP contribution in [0.2, 0.25) is 0 Å². The summed E-state index contributed by atoms with van der Waals surface area (Å²) >= 11 is 0. The van der Waals surface area contributed by atoms with Gasteiger partial charge in [-0.05, 0) is 12.8 Å². The molecule has 1 aliphatic rings. The first-order chi connectivity index (χ1) is 16.7. The normalized spacial score (nSPS) is 21.7. The van der Waals surface area contributed by atoms with Crippen molar-refractivity contribution in [3.63, 3.8) is 0 Å². The third kappa shape index (κ3) is 11.7. The van der Waals surface area contributed by atoms with Crippen LogP contribution in [-0.2, 0) is 33.4 Å². The molecule has 0 aromatic rings. The Balaban J connectivity index is 2.48. The van der Waals surface area contributed by atoms with Gasteiger partial charge in [-0.15, -0.1) is 0 Å². The van der Waals surface area contributed by atoms with Gasteiger partial charge in [-0.25, -0.2) is 4.79 Å². The average Bonchev–Trinajstić information content (AvgIpc) is 3.02. The first-order valence-corrected chi connectivity index (χ1v) is 13.2. The van der Waals surface area contributed by atoms with Crippen LogP contribution in [0.3, 0.4) is 0 Å². The largest absolute Gasteiger partial charge is 0.463 e. The van der Waals surface area contributed by atoms with Crippen molar-refractivity contribution < 1.29 is 33.4 Å². The Labute approximate surface area is 210 Å². The van der Waals surface area contributed by atoms with Crippen LogP contribution in [-0.4, -0.2) is 48.2 Å². The second kappa shape index (κ2) is 17.1. The Morgan fingerprint density at radius 3 is 1.97 bits per heavy atom. The summed E-state index contributed by atoms with van der Waals surface area (Å²) in [6.07, 6.45) is 17.5. The minimum atomic E-state index is -1.77. The zero-order valence-corrected chi connectivity index (χ0v) is 22.1. The van der Waals surface area contributed by atoms with Gasteiger partial charge in [0, 0.05) is 27.2 Å². The van der Waals surface area contributed by atoms with Crippen molar-refractivity contribution in [1.82, 2.24) is 5.32 Å². The molecule has 1 heterocycles. The molecule has 0 saturated carbocycles. The lowest BCUT2D eigenvalue weighted by Crippen LogP contribution is -2.63. The molecule has 0 radical (unpaired) electrons. The molecule has 35 heavy (non-hydrogen) atoms. The molecule has 1 rings (SSSR count). The van der Waals surface area contributed by atoms with Crippen LogP contribution in [0.1, 0.15) is 111 Å². The van der Waals surface area contributed by atoms with Gasteiger partial charge in [0.25, 0.3) is 0 Å². The molecule has 0 bridgehead atoms. The van der Waals surface area contributed by atoms with E-state index in [1.807, 2.05) is 12.2 Å². The molecule has 0 spiro atoms. The predicted octanol–water partition coefficient (Wildman–Crippen LogP) is 4.93. The maximum atomic E-state index is 12.8. The summed E-state index contributed by atoms with van der Waals surface area (Å²) in [5.41, 5.74) is -1.77. The highest BCUT2D eigenvalue weighted by atomic mass is 16.6. The van der Waals surface area contributed by atoms with Crippen molar-refractivity contribution in [1.29, 1.82) is 0 Å². The van der Waals surface area contributed by atoms with Gasteiger partial charge in [0.2, 0.25) is 11.4 Å². The fraction of sp³-hybridized carbons (Fsp3) is 0.778. The van der Waals surface area contributed by atoms with E-state index in [1.165, 1.54) is 85.0 Å². The topological polar surface area (TPSA) is 108 Å². The van der Waals surface area contributed by atoms with Crippen LogP contribution in [0.5, 0.6) is 0 Å². The van der Waals surface area contributed by atoms with E-state index < -0.39 is 48.2 Å². The molecule has 1 aliphatic heterocycles. The molecule has 0 aromatic heterocycles. The van der Waals surface area contributed by atoms with E-state index in [2.05, 4.69) is 12.2 Å². The van der Waals surface area contributed by atoms with Crippen molar-refractivity contribution in [3.8, 4) is 0 Å². The van der Waals surface area contributed by atoms with Crippen LogP contribution >= 0.6 is 0 Å². The highest BCUT2D eigenvalue weighted by Gasteiger charge is 2.61. The highest BCUT2D eigenvalue weighted by Crippen LogP contribution is 2.32. The summed E-state index contributed by atoms with van der Waals surface area (Å²) in [4.78, 5) is 47.7. The van der Waals surface area contributed by atoms with E-state index in [0.29, 0.717) is 6.42 Å². The zero-order chi connectivity index (χ0) is 26.1. The first kappa shape index (κ1) is 30.7. The lowest BCUT2D eigenvalue weighted by atomic mass is 9.90. The lowest BCUT2D eigenvalue weighted by Gasteiger charge is -2.31. The number of carbonyl (C=O) groups is 4. The number of nitrogens with one attached hydrogen (secondary N) is 1. The molecular formula is C27H45NO7. The van der Waals surface area contributed by atoms with E-state index in [0.717, 1.165) is 12.8 Å². The number of rotatable bonds is 18. The monoisotopic (exact) mass is 495 g/mol. The van der Waals surface area contributed by atoms with Crippen molar-refractivity contribution in [2.75, 3.05) is 6.61 Å². The van der Waals surface area contributed by atoms with Crippen LogP contribution in [0.15, 0.2) is 12.2 Å². The Hall–Kier alpha value is -2.38. The summed E-state index contributed by atoms with van der Waals surface area (Å²) in [5.74, 6) is -2.57. The Bertz CT molecular complexity index is 706. The fourth-order valence-electron chi connectivity index (χ4n) is 4.37. The second-order valence-corrected chi connectivity index (χ2v) is 9.44. The van der Waals surface area contributed by atoms with E-state index in [9.17, 15) is 19.2 Å². The Kier molecular flexibility index (Phi) is 15.0. The average molecular weight is 496 g/mol. The number of allylic oxidation sites excluding steroid dienone is 1. The van der Waals surface area contributed by atoms with Crippen molar-refractivity contribution >= 4 is 23.8 Å². The van der Waals surface area contributed by atoms with Crippen LogP contribution < -0.4 is 5.32 Å². The minimum absolute atomic E-state index is 0.323. The molecule has 0 aromatic carbocycles. The summed E-state index contributed by atoms with van der Waals surface area (Å²) < 4.78 is 15.9. The minimum Gasteiger partial charge on any atom is -0.463 e. The van der Waals surface area contributed by atoms with E-state index in [4.69, 9.17) is 14.2 Å². The molecular weight excluding hydrogens is 450 g/mol. The summed E-state index contributed by atoms with van der Waals surface area (Å²) in [7, 11) is 0. The van der Waals surface area contributed by atoms with Gasteiger partial charge in [0.15, 0.2) is 6.10 Å². The Morgan fingerprint density at radius 1 is 0.886 bits per heavy atom. The third-order valence-corrected chi connectivity index (χ3v) is 6.15. The fourth-order valence-corrected chi connectivity index (χ4v) is 4.37. The van der Waals surface area contributed by atoms with Crippen molar-refractivity contribution in [2.24, 2.45) is 0 Å². The number of ether oxygens (including phenoxy) is 3. The standard InChI is InChI=1S/C27H45NO7/c1-5-6-7-8-9-10-11-12-13-14-15-16-17-18-19-24-25(34-23(4)31)27(26(32)35-24,28-21(2)29)20-33-22(3)30/h17-18,24-25H,5-16,19-20H2,1-4H3,(H,28,29)/b18-17+/t24-,25+,27+/m1/s1. The number of hydrogen-bond donors (Lipinski definition) is 1. The molecule has 1 amide bonds. The van der Waals surface area contributed by atoms with E-state index in [1.54, 1.807) is 0 Å². The summed E-state index contributed by atoms with van der Waals surface area (Å²) in [6, 6.07) is 0. The molecule has 1 fully saturated rings. The smallest absolute Gasteiger partial charge is 0.340 e. The number of hydrogen-bond acceptors (Lipinski definition) is 7. The second-order valence-electron chi connectivity index (χ2n) is 9.44. The van der Waals surface area contributed by atoms with Gasteiger partial charge in [0.1, 0.15) is 12.7 Å². The highest BCUT2D eigenvalue weighted by molar-refractivity contribution is 5.91. The number of amides is 1. The molecule has 8 heteroatoms. The number of carbonyl (C=O) groups excluding carboxylic acids is 4. The van der Waals surface area contributed by atoms with Crippen LogP contribution in [0.4, 0.5) is 0 Å². The first-order valence-electron chi connectivity index (χ1n) is 13.2. The maximum Gasteiger partial charge on any atom is 0.340 e. The van der Waals surface area contributed by atoms with Gasteiger partial charge in [-0.1, -0.05) is 83.3 Å². The molecule has 1 saturated heterocycles. The molecule has 3 atom stereocenters. The van der Waals surface area contributed by atoms with Crippen molar-refractivity contribution in [2.45, 2.75) is 129 Å². The van der Waals surface area contributed by atoms with Crippen LogP contribution in [0, 0.1) is 0 Å². The summed E-state index contributed by atoms with van der Waals surface area (Å²) in [5, 5.41) is 2.51. The number of unbranched alkanes of at least 4 members (excludes halogenated alkanes) is 11. The summed E-state index contributed by atoms with van der Waals surface area (Å²) in [6.45, 7) is 5.40. The molecule has 1 N–H and O–H groups in total. The number of esters is 3. The zero-order valence-electron chi connectivity index (χ0n) is 22.1. The lowest BCUT2D eigenvalue weighted by molar-refractivity contribution is -0.159. The maximum absolute atomic E-state index is 12.8. The molecule has 0 aliphatic carbocycles. The van der Waals surface area contributed by atoms with Gasteiger partial charge in [0.05, 0.1) is 0 Å². The van der Waals surface area contributed by atoms with Crippen molar-refractivity contribution in [3.05, 3.63) is 12.2 Å². The van der Waals surface area contributed by atoms with E-state index in [-0.39, 0.29) is 0 Å². The predicted molar refractivity (Wildman–Crippen MR) is 133 cm³/mol. The van der Waals surface area contributed by atoms with E-state index >= 15 is 0 Å². The number of cyclic esters (lactones) is 1. The Morgan fingerprint density at radius 2 is 1.46 bits per heavy atom. The van der Waals surface area contributed by atoms with Gasteiger partial charge < -0.3 is 19.5 Å². The van der Waals surface area contributed by atoms with Gasteiger partial charge in [-0.2, -0.15) is 0 Å². The SMILES string of the molecule is CCCCCCCCCCCCC/C=C/C[C@H]1OC(=O)[C@@](COC(C)=O)(NC(C)=O)[C@H]1OC(C)=O. The quantitative estimate of drug-likeness (QED) is 0.124. The molecule has 0 unspecified atom stereocenters. The molecule has 200 valence electrons. The van der Waals surface area contributed by atoms with Crippen LogP contribution in [0.25, 0.3) is 0 Å².